The maximum atomic E-state index is 12.2. The van der Waals surface area contributed by atoms with Crippen LogP contribution in [0.2, 0.25) is 0 Å². The first-order chi connectivity index (χ1) is 11.7. The van der Waals surface area contributed by atoms with Crippen molar-refractivity contribution in [3.05, 3.63) is 29.3 Å². The first-order valence-electron chi connectivity index (χ1n) is 8.17. The van der Waals surface area contributed by atoms with E-state index in [1.54, 1.807) is 18.2 Å². The van der Waals surface area contributed by atoms with Crippen LogP contribution in [0.4, 0.5) is 0 Å². The van der Waals surface area contributed by atoms with Gasteiger partial charge in [-0.3, -0.25) is 9.59 Å². The van der Waals surface area contributed by atoms with Gasteiger partial charge in [-0.25, -0.2) is 0 Å². The molecule has 2 heterocycles. The molecule has 1 aromatic carbocycles. The number of rotatable bonds is 2. The number of hydrogen-bond acceptors (Lipinski definition) is 4. The maximum Gasteiger partial charge on any atom is 0.255 e. The third kappa shape index (κ3) is 4.06. The Kier molecular flexibility index (Phi) is 5.34. The first-order valence-corrected chi connectivity index (χ1v) is 8.17. The Labute approximate surface area is 140 Å². The van der Waals surface area contributed by atoms with E-state index in [0.29, 0.717) is 30.0 Å². The van der Waals surface area contributed by atoms with Gasteiger partial charge in [0.15, 0.2) is 0 Å². The van der Waals surface area contributed by atoms with Crippen molar-refractivity contribution in [2.75, 3.05) is 26.3 Å². The Morgan fingerprint density at radius 3 is 3.08 bits per heavy atom. The number of hydrogen-bond donors (Lipinski definition) is 2. The molecule has 6 heteroatoms. The highest BCUT2D eigenvalue weighted by molar-refractivity contribution is 6.01. The molecule has 1 fully saturated rings. The zero-order valence-electron chi connectivity index (χ0n) is 13.4. The van der Waals surface area contributed by atoms with Gasteiger partial charge in [-0.05, 0) is 37.5 Å². The minimum atomic E-state index is -0.270. The molecule has 2 amide bonds. The Hall–Kier alpha value is -2.52. The largest absolute Gasteiger partial charge is 0.491 e. The zero-order chi connectivity index (χ0) is 16.8. The first kappa shape index (κ1) is 16.3. The molecule has 1 unspecified atom stereocenters. The van der Waals surface area contributed by atoms with Crippen molar-refractivity contribution in [2.24, 2.45) is 0 Å². The van der Waals surface area contributed by atoms with Crippen molar-refractivity contribution >= 4 is 11.8 Å². The Balaban J connectivity index is 1.59. The molecule has 126 valence electrons. The van der Waals surface area contributed by atoms with Crippen molar-refractivity contribution in [3.8, 4) is 17.6 Å². The second-order valence-electron chi connectivity index (χ2n) is 5.67. The van der Waals surface area contributed by atoms with Gasteiger partial charge >= 0.3 is 0 Å². The Bertz CT molecular complexity index is 684. The molecule has 1 aromatic rings. The summed E-state index contributed by atoms with van der Waals surface area (Å²) in [6, 6.07) is 4.84. The number of carbonyl (C=O) groups excluding carboxylic acids is 2. The number of fused-ring (bicyclic) bond motifs is 1. The Morgan fingerprint density at radius 2 is 2.25 bits per heavy atom. The van der Waals surface area contributed by atoms with E-state index in [4.69, 9.17) is 9.47 Å². The fraction of sp³-hybridized carbons (Fsp3) is 0.444. The average Bonchev–Trinajstić information content (AvgIpc) is 2.81. The molecular weight excluding hydrogens is 308 g/mol. The molecular formula is C18H20N2O4. The number of ether oxygens (including phenoxy) is 2. The van der Waals surface area contributed by atoms with Crippen LogP contribution in [-0.2, 0) is 4.74 Å². The van der Waals surface area contributed by atoms with Crippen LogP contribution in [0.1, 0.15) is 40.0 Å². The topological polar surface area (TPSA) is 76.7 Å². The third-order valence-electron chi connectivity index (χ3n) is 3.91. The van der Waals surface area contributed by atoms with Crippen molar-refractivity contribution < 1.29 is 19.1 Å². The Morgan fingerprint density at radius 1 is 1.33 bits per heavy atom. The minimum Gasteiger partial charge on any atom is -0.491 e. The summed E-state index contributed by atoms with van der Waals surface area (Å²) >= 11 is 0. The van der Waals surface area contributed by atoms with Gasteiger partial charge < -0.3 is 20.1 Å². The summed E-state index contributed by atoms with van der Waals surface area (Å²) in [6.45, 7) is 1.88. The van der Waals surface area contributed by atoms with Crippen molar-refractivity contribution in [1.29, 1.82) is 0 Å². The van der Waals surface area contributed by atoms with Crippen LogP contribution in [0.15, 0.2) is 18.2 Å². The van der Waals surface area contributed by atoms with Crippen LogP contribution in [0, 0.1) is 11.8 Å². The van der Waals surface area contributed by atoms with Gasteiger partial charge in [0.05, 0.1) is 18.7 Å². The summed E-state index contributed by atoms with van der Waals surface area (Å²) in [4.78, 5) is 24.1. The quantitative estimate of drug-likeness (QED) is 0.798. The van der Waals surface area contributed by atoms with Gasteiger partial charge in [-0.2, -0.15) is 0 Å². The molecule has 0 aliphatic carbocycles. The fourth-order valence-electron chi connectivity index (χ4n) is 2.64. The lowest BCUT2D eigenvalue weighted by Gasteiger charge is -2.17. The van der Waals surface area contributed by atoms with Gasteiger partial charge in [-0.1, -0.05) is 11.8 Å². The second kappa shape index (κ2) is 7.84. The molecule has 0 saturated carbocycles. The fourth-order valence-corrected chi connectivity index (χ4v) is 2.64. The third-order valence-corrected chi connectivity index (χ3v) is 3.91. The second-order valence-corrected chi connectivity index (χ2v) is 5.67. The predicted molar refractivity (Wildman–Crippen MR) is 88.0 cm³/mol. The summed E-state index contributed by atoms with van der Waals surface area (Å²) in [5.41, 5.74) is 0.784. The van der Waals surface area contributed by atoms with E-state index in [-0.39, 0.29) is 24.5 Å². The highest BCUT2D eigenvalue weighted by atomic mass is 16.5. The van der Waals surface area contributed by atoms with Gasteiger partial charge in [0, 0.05) is 12.2 Å². The highest BCUT2D eigenvalue weighted by Crippen LogP contribution is 2.21. The van der Waals surface area contributed by atoms with Crippen LogP contribution in [0.25, 0.3) is 0 Å². The minimum absolute atomic E-state index is 0.0241. The number of carbonyl (C=O) groups is 2. The standard InChI is InChI=1S/C18H20N2O4/c21-17(19-8-3-5-14-4-1-2-10-23-14)13-6-7-16-15(12-13)18(22)20-9-11-24-16/h6-7,12,14H,1-2,4,8-11H2,(H,19,21)(H,20,22). The molecule has 0 spiro atoms. The van der Waals surface area contributed by atoms with E-state index >= 15 is 0 Å². The smallest absolute Gasteiger partial charge is 0.255 e. The number of benzene rings is 1. The molecule has 24 heavy (non-hydrogen) atoms. The molecule has 0 radical (unpaired) electrons. The van der Waals surface area contributed by atoms with E-state index in [2.05, 4.69) is 22.5 Å². The summed E-state index contributed by atoms with van der Waals surface area (Å²) < 4.78 is 11.0. The zero-order valence-corrected chi connectivity index (χ0v) is 13.4. The van der Waals surface area contributed by atoms with E-state index in [1.165, 1.54) is 0 Å². The van der Waals surface area contributed by atoms with E-state index < -0.39 is 0 Å². The molecule has 2 aliphatic rings. The van der Waals surface area contributed by atoms with E-state index in [1.807, 2.05) is 0 Å². The lowest BCUT2D eigenvalue weighted by Crippen LogP contribution is -2.26. The van der Waals surface area contributed by atoms with Crippen LogP contribution in [0.5, 0.6) is 5.75 Å². The monoisotopic (exact) mass is 328 g/mol. The predicted octanol–water partition coefficient (Wildman–Crippen LogP) is 1.11. The lowest BCUT2D eigenvalue weighted by molar-refractivity contribution is 0.0525. The van der Waals surface area contributed by atoms with Crippen LogP contribution in [0.3, 0.4) is 0 Å². The van der Waals surface area contributed by atoms with Gasteiger partial charge in [-0.15, -0.1) is 0 Å². The van der Waals surface area contributed by atoms with E-state index in [9.17, 15) is 9.59 Å². The van der Waals surface area contributed by atoms with Crippen LogP contribution >= 0.6 is 0 Å². The molecule has 2 aliphatic heterocycles. The SMILES string of the molecule is O=C(NCC#CC1CCCCO1)c1ccc2c(c1)C(=O)NCCO2. The molecule has 0 aromatic heterocycles. The molecule has 1 saturated heterocycles. The molecule has 3 rings (SSSR count). The van der Waals surface area contributed by atoms with Gasteiger partial charge in [0.2, 0.25) is 0 Å². The summed E-state index contributed by atoms with van der Waals surface area (Å²) in [6.07, 6.45) is 3.14. The van der Waals surface area contributed by atoms with Crippen LogP contribution in [-0.4, -0.2) is 44.2 Å². The molecule has 1 atom stereocenters. The maximum absolute atomic E-state index is 12.2. The highest BCUT2D eigenvalue weighted by Gasteiger charge is 2.18. The summed E-state index contributed by atoms with van der Waals surface area (Å²) in [7, 11) is 0. The molecule has 2 N–H and O–H groups in total. The summed E-state index contributed by atoms with van der Waals surface area (Å²) in [5.74, 6) is 5.94. The molecule has 6 nitrogen and oxygen atoms in total. The average molecular weight is 328 g/mol. The van der Waals surface area contributed by atoms with Crippen molar-refractivity contribution in [3.63, 3.8) is 0 Å². The van der Waals surface area contributed by atoms with Crippen LogP contribution < -0.4 is 15.4 Å². The lowest BCUT2D eigenvalue weighted by atomic mass is 10.1. The van der Waals surface area contributed by atoms with E-state index in [0.717, 1.165) is 25.9 Å². The molecule has 0 bridgehead atoms. The van der Waals surface area contributed by atoms with Crippen molar-refractivity contribution in [2.45, 2.75) is 25.4 Å². The van der Waals surface area contributed by atoms with Gasteiger partial charge in [0.25, 0.3) is 11.8 Å². The summed E-state index contributed by atoms with van der Waals surface area (Å²) in [5, 5.41) is 5.46. The normalized spacial score (nSPS) is 19.7. The number of amides is 2. The van der Waals surface area contributed by atoms with Crippen molar-refractivity contribution in [1.82, 2.24) is 10.6 Å². The number of nitrogens with one attached hydrogen (secondary N) is 2. The van der Waals surface area contributed by atoms with Gasteiger partial charge in [0.1, 0.15) is 18.5 Å².